The molecule has 35 heavy (non-hydrogen) atoms. The number of rotatable bonds is 9. The molecule has 1 amide bonds. The predicted octanol–water partition coefficient (Wildman–Crippen LogP) is 6.89. The van der Waals surface area contributed by atoms with Crippen molar-refractivity contribution < 1.29 is 9.90 Å². The lowest BCUT2D eigenvalue weighted by molar-refractivity contribution is 0.0949. The van der Waals surface area contributed by atoms with E-state index in [1.54, 1.807) is 18.2 Å². The normalized spacial score (nSPS) is 15.6. The Morgan fingerprint density at radius 1 is 1.00 bits per heavy atom. The number of thioether (sulfide) groups is 1. The monoisotopic (exact) mass is 528 g/mol. The summed E-state index contributed by atoms with van der Waals surface area (Å²) in [4.78, 5) is 16.3. The van der Waals surface area contributed by atoms with Crippen LogP contribution in [0, 0.1) is 5.92 Å². The number of phenolic OH excluding ortho intramolecular Hbond substituents is 1. The average Bonchev–Trinajstić information content (AvgIpc) is 2.87. The van der Waals surface area contributed by atoms with Crippen LogP contribution in [0.3, 0.4) is 0 Å². The summed E-state index contributed by atoms with van der Waals surface area (Å²) in [5.74, 6) is 0.338. The Morgan fingerprint density at radius 2 is 1.71 bits per heavy atom. The third-order valence-corrected chi connectivity index (χ3v) is 8.65. The molecule has 0 aliphatic carbocycles. The minimum absolute atomic E-state index is 0.00885. The zero-order valence-corrected chi connectivity index (χ0v) is 21.8. The van der Waals surface area contributed by atoms with Gasteiger partial charge in [-0.05, 0) is 80.2 Å². The number of hydrogen-bond acceptors (Lipinski definition) is 4. The van der Waals surface area contributed by atoms with Crippen molar-refractivity contribution in [3.63, 3.8) is 0 Å². The SMILES string of the molecule is O=C(NCCC(Sc1ccccc1)C1CCN(Cc2ccc(Cl)c(Cl)c2)CC1)c1ccccc1O. The second-order valence-electron chi connectivity index (χ2n) is 8.89. The van der Waals surface area contributed by atoms with E-state index in [9.17, 15) is 9.90 Å². The van der Waals surface area contributed by atoms with Crippen molar-refractivity contribution in [2.75, 3.05) is 19.6 Å². The van der Waals surface area contributed by atoms with E-state index < -0.39 is 0 Å². The van der Waals surface area contributed by atoms with E-state index in [1.165, 1.54) is 16.5 Å². The molecule has 3 aromatic carbocycles. The lowest BCUT2D eigenvalue weighted by Gasteiger charge is -2.36. The smallest absolute Gasteiger partial charge is 0.255 e. The highest BCUT2D eigenvalue weighted by Crippen LogP contribution is 2.36. The van der Waals surface area contributed by atoms with Crippen LogP contribution in [0.15, 0.2) is 77.7 Å². The van der Waals surface area contributed by atoms with Gasteiger partial charge in [0.2, 0.25) is 0 Å². The molecule has 0 spiro atoms. The van der Waals surface area contributed by atoms with Crippen LogP contribution in [0.2, 0.25) is 10.0 Å². The number of amides is 1. The number of aromatic hydroxyl groups is 1. The molecule has 7 heteroatoms. The molecule has 4 nitrogen and oxygen atoms in total. The van der Waals surface area contributed by atoms with Gasteiger partial charge in [-0.2, -0.15) is 0 Å². The minimum atomic E-state index is -0.233. The second-order valence-corrected chi connectivity index (χ2v) is 11.0. The zero-order chi connectivity index (χ0) is 24.6. The minimum Gasteiger partial charge on any atom is -0.507 e. The molecule has 0 radical (unpaired) electrons. The number of nitrogens with zero attached hydrogens (tertiary/aromatic N) is 1. The Labute approximate surface area is 221 Å². The third-order valence-electron chi connectivity index (χ3n) is 6.44. The standard InChI is InChI=1S/C28H30Cl2N2O2S/c29-24-11-10-20(18-25(24)30)19-32-16-13-21(14-17-32)27(35-22-6-2-1-3-7-22)12-15-31-28(34)23-8-4-5-9-26(23)33/h1-11,18,21,27,33H,12-17,19H2,(H,31,34). The predicted molar refractivity (Wildman–Crippen MR) is 146 cm³/mol. The molecule has 4 rings (SSSR count). The summed E-state index contributed by atoms with van der Waals surface area (Å²) in [6.07, 6.45) is 3.09. The number of benzene rings is 3. The molecule has 1 saturated heterocycles. The Kier molecular flexibility index (Phi) is 9.38. The van der Waals surface area contributed by atoms with Gasteiger partial charge in [0, 0.05) is 23.2 Å². The van der Waals surface area contributed by atoms with E-state index >= 15 is 0 Å². The van der Waals surface area contributed by atoms with Gasteiger partial charge in [0.1, 0.15) is 5.75 Å². The number of carbonyl (C=O) groups is 1. The van der Waals surface area contributed by atoms with Crippen LogP contribution in [-0.2, 0) is 6.54 Å². The highest BCUT2D eigenvalue weighted by atomic mass is 35.5. The Bertz CT molecular complexity index is 1120. The molecular formula is C28H30Cl2N2O2S. The van der Waals surface area contributed by atoms with Gasteiger partial charge < -0.3 is 10.4 Å². The Hall–Kier alpha value is -2.18. The van der Waals surface area contributed by atoms with Gasteiger partial charge in [-0.25, -0.2) is 0 Å². The van der Waals surface area contributed by atoms with Gasteiger partial charge in [0.25, 0.3) is 5.91 Å². The third kappa shape index (κ3) is 7.40. The first-order valence-corrected chi connectivity index (χ1v) is 13.6. The van der Waals surface area contributed by atoms with Gasteiger partial charge in [-0.15, -0.1) is 11.8 Å². The summed E-state index contributed by atoms with van der Waals surface area (Å²) < 4.78 is 0. The van der Waals surface area contributed by atoms with E-state index in [2.05, 4.69) is 34.5 Å². The van der Waals surface area contributed by atoms with Crippen molar-refractivity contribution in [1.82, 2.24) is 10.2 Å². The maximum atomic E-state index is 12.5. The van der Waals surface area contributed by atoms with E-state index in [4.69, 9.17) is 23.2 Å². The first-order chi connectivity index (χ1) is 17.0. The molecule has 1 atom stereocenters. The Morgan fingerprint density at radius 3 is 2.43 bits per heavy atom. The topological polar surface area (TPSA) is 52.6 Å². The van der Waals surface area contributed by atoms with Crippen molar-refractivity contribution >= 4 is 40.9 Å². The van der Waals surface area contributed by atoms with Crippen LogP contribution in [0.4, 0.5) is 0 Å². The highest BCUT2D eigenvalue weighted by Gasteiger charge is 2.27. The number of halogens is 2. The number of nitrogens with one attached hydrogen (secondary N) is 1. The fourth-order valence-corrected chi connectivity index (χ4v) is 6.22. The highest BCUT2D eigenvalue weighted by molar-refractivity contribution is 8.00. The summed E-state index contributed by atoms with van der Waals surface area (Å²) in [6, 6.07) is 23.0. The van der Waals surface area contributed by atoms with Crippen LogP contribution in [0.1, 0.15) is 35.2 Å². The average molecular weight is 530 g/mol. The molecule has 2 N–H and O–H groups in total. The lowest BCUT2D eigenvalue weighted by Crippen LogP contribution is -2.37. The number of likely N-dealkylation sites (tertiary alicyclic amines) is 1. The first kappa shape index (κ1) is 25.9. The first-order valence-electron chi connectivity index (χ1n) is 11.9. The Balaban J connectivity index is 1.34. The molecule has 1 aliphatic heterocycles. The number of hydrogen-bond donors (Lipinski definition) is 2. The lowest BCUT2D eigenvalue weighted by atomic mass is 9.91. The molecule has 1 aliphatic rings. The maximum absolute atomic E-state index is 12.5. The summed E-state index contributed by atoms with van der Waals surface area (Å²) in [6.45, 7) is 3.50. The fourth-order valence-electron chi connectivity index (χ4n) is 4.53. The van der Waals surface area contributed by atoms with Crippen LogP contribution in [0.5, 0.6) is 5.75 Å². The van der Waals surface area contributed by atoms with E-state index in [1.807, 2.05) is 36.0 Å². The number of piperidine rings is 1. The fraction of sp³-hybridized carbons (Fsp3) is 0.321. The van der Waals surface area contributed by atoms with E-state index in [-0.39, 0.29) is 11.7 Å². The quantitative estimate of drug-likeness (QED) is 0.297. The van der Waals surface area contributed by atoms with Gasteiger partial charge in [0.15, 0.2) is 0 Å². The maximum Gasteiger partial charge on any atom is 0.255 e. The number of para-hydroxylation sites is 1. The van der Waals surface area contributed by atoms with Gasteiger partial charge in [0.05, 0.1) is 15.6 Å². The van der Waals surface area contributed by atoms with Crippen molar-refractivity contribution in [2.45, 2.75) is 36.0 Å². The molecule has 1 heterocycles. The molecule has 1 unspecified atom stereocenters. The molecular weight excluding hydrogens is 499 g/mol. The number of phenols is 1. The molecule has 0 saturated carbocycles. The molecule has 3 aromatic rings. The van der Waals surface area contributed by atoms with Gasteiger partial charge >= 0.3 is 0 Å². The zero-order valence-electron chi connectivity index (χ0n) is 19.5. The van der Waals surface area contributed by atoms with Crippen molar-refractivity contribution in [1.29, 1.82) is 0 Å². The van der Waals surface area contributed by atoms with Crippen LogP contribution >= 0.6 is 35.0 Å². The van der Waals surface area contributed by atoms with Crippen LogP contribution in [0.25, 0.3) is 0 Å². The van der Waals surface area contributed by atoms with Gasteiger partial charge in [-0.3, -0.25) is 9.69 Å². The largest absolute Gasteiger partial charge is 0.507 e. The van der Waals surface area contributed by atoms with Gasteiger partial charge in [-0.1, -0.05) is 59.6 Å². The molecule has 1 fully saturated rings. The molecule has 0 bridgehead atoms. The van der Waals surface area contributed by atoms with Crippen molar-refractivity contribution in [3.8, 4) is 5.75 Å². The summed E-state index contributed by atoms with van der Waals surface area (Å²) in [5, 5.41) is 14.6. The van der Waals surface area contributed by atoms with Crippen LogP contribution in [-0.4, -0.2) is 40.8 Å². The molecule has 184 valence electrons. The van der Waals surface area contributed by atoms with Crippen LogP contribution < -0.4 is 5.32 Å². The number of carbonyl (C=O) groups excluding carboxylic acids is 1. The summed E-state index contributed by atoms with van der Waals surface area (Å²) in [7, 11) is 0. The summed E-state index contributed by atoms with van der Waals surface area (Å²) >= 11 is 14.2. The van der Waals surface area contributed by atoms with E-state index in [0.717, 1.165) is 38.9 Å². The summed E-state index contributed by atoms with van der Waals surface area (Å²) in [5.41, 5.74) is 1.50. The van der Waals surface area contributed by atoms with E-state index in [0.29, 0.717) is 33.3 Å². The molecule has 0 aromatic heterocycles. The second kappa shape index (κ2) is 12.7. The van der Waals surface area contributed by atoms with Crippen molar-refractivity contribution in [3.05, 3.63) is 94.0 Å². The van der Waals surface area contributed by atoms with Crippen molar-refractivity contribution in [2.24, 2.45) is 5.92 Å².